The molecule has 1 aliphatic rings. The second-order valence-corrected chi connectivity index (χ2v) is 6.16. The molecule has 3 nitrogen and oxygen atoms in total. The summed E-state index contributed by atoms with van der Waals surface area (Å²) in [4.78, 5) is 0. The fourth-order valence-electron chi connectivity index (χ4n) is 2.87. The fourth-order valence-corrected chi connectivity index (χ4v) is 3.31. The molecule has 0 radical (unpaired) electrons. The van der Waals surface area contributed by atoms with Crippen LogP contribution in [-0.4, -0.2) is 13.2 Å². The van der Waals surface area contributed by atoms with E-state index >= 15 is 0 Å². The highest BCUT2D eigenvalue weighted by Crippen LogP contribution is 2.39. The quantitative estimate of drug-likeness (QED) is 0.868. The molecule has 0 aliphatic carbocycles. The molecule has 2 unspecified atom stereocenters. The molecule has 2 heterocycles. The molecule has 1 N–H and O–H groups in total. The van der Waals surface area contributed by atoms with Crippen molar-refractivity contribution in [3.8, 4) is 0 Å². The van der Waals surface area contributed by atoms with E-state index in [2.05, 4.69) is 52.4 Å². The number of hydrogen-bond donors (Lipinski definition) is 1. The molecule has 21 heavy (non-hydrogen) atoms. The molecule has 1 aromatic carbocycles. The predicted octanol–water partition coefficient (Wildman–Crippen LogP) is 4.40. The maximum Gasteiger partial charge on any atom is 0.137 e. The number of benzene rings is 1. The Morgan fingerprint density at radius 1 is 1.33 bits per heavy atom. The van der Waals surface area contributed by atoms with Crippen molar-refractivity contribution in [1.82, 2.24) is 5.32 Å². The zero-order chi connectivity index (χ0) is 14.7. The summed E-state index contributed by atoms with van der Waals surface area (Å²) in [5.74, 6) is 0.908. The minimum atomic E-state index is -0.0102. The first-order valence-corrected chi connectivity index (χ1v) is 8.26. The van der Waals surface area contributed by atoms with Crippen LogP contribution in [-0.2, 0) is 11.2 Å². The van der Waals surface area contributed by atoms with Crippen LogP contribution in [0.15, 0.2) is 45.5 Å². The standard InChI is InChI=1S/C17H20BrNO2/c1-2-9-19-15(17-14(18)8-11-21-17)16-13-6-4-3-5-12(13)7-10-20-16/h3-6,8,11,15-16,19H,2,7,9-10H2,1H3. The zero-order valence-electron chi connectivity index (χ0n) is 12.1. The van der Waals surface area contributed by atoms with Crippen LogP contribution in [0.2, 0.25) is 0 Å². The van der Waals surface area contributed by atoms with Crippen LogP contribution in [0.1, 0.15) is 42.4 Å². The number of hydrogen-bond acceptors (Lipinski definition) is 3. The molecular weight excluding hydrogens is 330 g/mol. The predicted molar refractivity (Wildman–Crippen MR) is 86.3 cm³/mol. The molecule has 4 heteroatoms. The van der Waals surface area contributed by atoms with Gasteiger partial charge in [0.25, 0.3) is 0 Å². The Morgan fingerprint density at radius 2 is 2.19 bits per heavy atom. The Morgan fingerprint density at radius 3 is 2.95 bits per heavy atom. The summed E-state index contributed by atoms with van der Waals surface area (Å²) in [6.45, 7) is 3.85. The van der Waals surface area contributed by atoms with E-state index in [1.807, 2.05) is 6.07 Å². The molecule has 1 aromatic heterocycles. The summed E-state index contributed by atoms with van der Waals surface area (Å²) in [5, 5.41) is 3.57. The Labute approximate surface area is 133 Å². The number of nitrogens with one attached hydrogen (secondary N) is 1. The van der Waals surface area contributed by atoms with Gasteiger partial charge in [-0.15, -0.1) is 0 Å². The average molecular weight is 350 g/mol. The molecule has 0 bridgehead atoms. The molecular formula is C17H20BrNO2. The largest absolute Gasteiger partial charge is 0.466 e. The second-order valence-electron chi connectivity index (χ2n) is 5.30. The Bertz CT molecular complexity index is 596. The Hall–Kier alpha value is -1.10. The molecule has 1 aliphatic heterocycles. The first kappa shape index (κ1) is 14.8. The minimum absolute atomic E-state index is 0.0102. The van der Waals surface area contributed by atoms with Crippen LogP contribution >= 0.6 is 15.9 Å². The zero-order valence-corrected chi connectivity index (χ0v) is 13.7. The van der Waals surface area contributed by atoms with Crippen molar-refractivity contribution in [2.45, 2.75) is 31.9 Å². The topological polar surface area (TPSA) is 34.4 Å². The molecule has 0 amide bonds. The van der Waals surface area contributed by atoms with Gasteiger partial charge in [-0.1, -0.05) is 31.2 Å². The first-order valence-electron chi connectivity index (χ1n) is 7.47. The summed E-state index contributed by atoms with van der Waals surface area (Å²) in [6.07, 6.45) is 3.76. The fraction of sp³-hybridized carbons (Fsp3) is 0.412. The monoisotopic (exact) mass is 349 g/mol. The van der Waals surface area contributed by atoms with Crippen molar-refractivity contribution in [3.63, 3.8) is 0 Å². The van der Waals surface area contributed by atoms with E-state index in [9.17, 15) is 0 Å². The van der Waals surface area contributed by atoms with Crippen LogP contribution in [0.4, 0.5) is 0 Å². The molecule has 112 valence electrons. The summed E-state index contributed by atoms with van der Waals surface area (Å²) < 4.78 is 12.8. The van der Waals surface area contributed by atoms with Crippen molar-refractivity contribution in [2.75, 3.05) is 13.2 Å². The van der Waals surface area contributed by atoms with Gasteiger partial charge in [0.2, 0.25) is 0 Å². The van der Waals surface area contributed by atoms with Crippen LogP contribution in [0.25, 0.3) is 0 Å². The van der Waals surface area contributed by atoms with Gasteiger partial charge in [-0.2, -0.15) is 0 Å². The van der Waals surface area contributed by atoms with Gasteiger partial charge in [0.15, 0.2) is 0 Å². The lowest BCUT2D eigenvalue weighted by molar-refractivity contribution is 0.00937. The molecule has 2 aromatic rings. The average Bonchev–Trinajstić information content (AvgIpc) is 2.94. The number of ether oxygens (including phenoxy) is 1. The third-order valence-electron chi connectivity index (χ3n) is 3.87. The van der Waals surface area contributed by atoms with E-state index < -0.39 is 0 Å². The van der Waals surface area contributed by atoms with Crippen LogP contribution < -0.4 is 5.32 Å². The third-order valence-corrected chi connectivity index (χ3v) is 4.53. The van der Waals surface area contributed by atoms with Crippen molar-refractivity contribution in [3.05, 3.63) is 58.0 Å². The number of furan rings is 1. The highest BCUT2D eigenvalue weighted by molar-refractivity contribution is 9.10. The van der Waals surface area contributed by atoms with Gasteiger partial charge in [0.1, 0.15) is 11.9 Å². The molecule has 0 saturated heterocycles. The van der Waals surface area contributed by atoms with Gasteiger partial charge in [0, 0.05) is 0 Å². The van der Waals surface area contributed by atoms with Crippen molar-refractivity contribution in [2.24, 2.45) is 0 Å². The highest BCUT2D eigenvalue weighted by atomic mass is 79.9. The van der Waals surface area contributed by atoms with Gasteiger partial charge in [-0.05, 0) is 52.5 Å². The molecule has 0 saturated carbocycles. The maximum atomic E-state index is 6.10. The number of halogens is 1. The van der Waals surface area contributed by atoms with E-state index in [0.29, 0.717) is 0 Å². The number of rotatable bonds is 5. The summed E-state index contributed by atoms with van der Waals surface area (Å²) >= 11 is 3.58. The smallest absolute Gasteiger partial charge is 0.137 e. The normalized spacial score (nSPS) is 19.2. The summed E-state index contributed by atoms with van der Waals surface area (Å²) in [6, 6.07) is 10.5. The lowest BCUT2D eigenvalue weighted by atomic mass is 9.92. The SMILES string of the molecule is CCCNC(c1occc1Br)C1OCCc2ccccc21. The van der Waals surface area contributed by atoms with Crippen molar-refractivity contribution < 1.29 is 9.15 Å². The van der Waals surface area contributed by atoms with Crippen LogP contribution in [0.5, 0.6) is 0 Å². The maximum absolute atomic E-state index is 6.10. The van der Waals surface area contributed by atoms with Gasteiger partial charge in [-0.25, -0.2) is 0 Å². The van der Waals surface area contributed by atoms with Crippen molar-refractivity contribution >= 4 is 15.9 Å². The minimum Gasteiger partial charge on any atom is -0.466 e. The van der Waals surface area contributed by atoms with E-state index in [0.717, 1.165) is 36.2 Å². The van der Waals surface area contributed by atoms with E-state index in [4.69, 9.17) is 9.15 Å². The van der Waals surface area contributed by atoms with Gasteiger partial charge >= 0.3 is 0 Å². The number of fused-ring (bicyclic) bond motifs is 1. The molecule has 0 fully saturated rings. The molecule has 0 spiro atoms. The van der Waals surface area contributed by atoms with E-state index in [1.54, 1.807) is 6.26 Å². The molecule has 2 atom stereocenters. The summed E-state index contributed by atoms with van der Waals surface area (Å²) in [5.41, 5.74) is 2.64. The van der Waals surface area contributed by atoms with E-state index in [1.165, 1.54) is 11.1 Å². The lowest BCUT2D eigenvalue weighted by Crippen LogP contribution is -2.32. The highest BCUT2D eigenvalue weighted by Gasteiger charge is 2.32. The molecule has 3 rings (SSSR count). The van der Waals surface area contributed by atoms with Crippen LogP contribution in [0, 0.1) is 0 Å². The second kappa shape index (κ2) is 6.77. The van der Waals surface area contributed by atoms with Crippen LogP contribution in [0.3, 0.4) is 0 Å². The van der Waals surface area contributed by atoms with Crippen molar-refractivity contribution in [1.29, 1.82) is 0 Å². The third kappa shape index (κ3) is 3.07. The first-order chi connectivity index (χ1) is 10.3. The Kier molecular flexibility index (Phi) is 4.78. The Balaban J connectivity index is 1.96. The lowest BCUT2D eigenvalue weighted by Gasteiger charge is -2.32. The van der Waals surface area contributed by atoms with Gasteiger partial charge < -0.3 is 14.5 Å². The summed E-state index contributed by atoms with van der Waals surface area (Å²) in [7, 11) is 0. The van der Waals surface area contributed by atoms with Gasteiger partial charge in [0.05, 0.1) is 23.4 Å². The van der Waals surface area contributed by atoms with E-state index in [-0.39, 0.29) is 12.1 Å². The van der Waals surface area contributed by atoms with Gasteiger partial charge in [-0.3, -0.25) is 0 Å².